The summed E-state index contributed by atoms with van der Waals surface area (Å²) in [6.45, 7) is 0.152. The van der Waals surface area contributed by atoms with Gasteiger partial charge in [0.25, 0.3) is 5.91 Å². The Kier molecular flexibility index (Phi) is 3.57. The van der Waals surface area contributed by atoms with Crippen LogP contribution < -0.4 is 10.2 Å². The predicted molar refractivity (Wildman–Crippen MR) is 99.3 cm³/mol. The van der Waals surface area contributed by atoms with E-state index < -0.39 is 23.5 Å². The molecule has 2 saturated heterocycles. The van der Waals surface area contributed by atoms with Crippen LogP contribution in [0.4, 0.5) is 5.69 Å². The number of para-hydroxylation sites is 1. The highest BCUT2D eigenvalue weighted by Gasteiger charge is 2.67. The molecular weight excluding hydrogens is 364 g/mol. The Morgan fingerprint density at radius 1 is 1.15 bits per heavy atom. The average molecular weight is 380 g/mol. The van der Waals surface area contributed by atoms with E-state index in [0.717, 1.165) is 0 Å². The van der Waals surface area contributed by atoms with E-state index in [2.05, 4.69) is 5.32 Å². The fourth-order valence-corrected chi connectivity index (χ4v) is 4.89. The normalized spacial score (nSPS) is 30.8. The molecule has 5 rings (SSSR count). The van der Waals surface area contributed by atoms with Crippen molar-refractivity contribution >= 4 is 34.7 Å². The second kappa shape index (κ2) is 5.87. The highest BCUT2D eigenvalue weighted by atomic mass is 32.1. The molecule has 3 amide bonds. The van der Waals surface area contributed by atoms with E-state index in [1.807, 2.05) is 29.7 Å². The van der Waals surface area contributed by atoms with Gasteiger partial charge in [0.2, 0.25) is 11.8 Å². The molecule has 6 nitrogen and oxygen atoms in total. The number of anilines is 1. The number of amides is 3. The molecule has 1 N–H and O–H groups in total. The van der Waals surface area contributed by atoms with Gasteiger partial charge >= 0.3 is 0 Å². The molecule has 2 bridgehead atoms. The summed E-state index contributed by atoms with van der Waals surface area (Å²) in [5, 5.41) is 4.69. The van der Waals surface area contributed by atoms with Gasteiger partial charge < -0.3 is 10.1 Å². The van der Waals surface area contributed by atoms with Crippen molar-refractivity contribution < 1.29 is 19.1 Å². The second-order valence-corrected chi connectivity index (χ2v) is 7.86. The first-order chi connectivity index (χ1) is 13.1. The third-order valence-electron chi connectivity index (χ3n) is 5.44. The zero-order valence-electron chi connectivity index (χ0n) is 14.2. The maximum absolute atomic E-state index is 13.1. The van der Waals surface area contributed by atoms with Crippen LogP contribution in [0.15, 0.2) is 60.0 Å². The Labute approximate surface area is 159 Å². The van der Waals surface area contributed by atoms with Crippen LogP contribution in [0.5, 0.6) is 0 Å². The number of nitrogens with zero attached hydrogens (tertiary/aromatic N) is 1. The average Bonchev–Trinajstić information content (AvgIpc) is 3.44. The topological polar surface area (TPSA) is 75.7 Å². The number of hydrogen-bond donors (Lipinski definition) is 1. The molecule has 0 unspecified atom stereocenters. The second-order valence-electron chi connectivity index (χ2n) is 6.91. The molecule has 7 heteroatoms. The zero-order valence-corrected chi connectivity index (χ0v) is 15.0. The van der Waals surface area contributed by atoms with E-state index in [0.29, 0.717) is 10.6 Å². The molecule has 2 aromatic rings. The van der Waals surface area contributed by atoms with Gasteiger partial charge in [-0.05, 0) is 23.6 Å². The number of rotatable bonds is 4. The lowest BCUT2D eigenvalue weighted by molar-refractivity contribution is -0.126. The molecule has 0 saturated carbocycles. The lowest BCUT2D eigenvalue weighted by Crippen LogP contribution is -2.48. The van der Waals surface area contributed by atoms with E-state index in [1.54, 1.807) is 30.3 Å². The van der Waals surface area contributed by atoms with Crippen molar-refractivity contribution in [3.8, 4) is 0 Å². The van der Waals surface area contributed by atoms with Crippen LogP contribution in [0, 0.1) is 11.8 Å². The van der Waals surface area contributed by atoms with Crippen molar-refractivity contribution in [3.63, 3.8) is 0 Å². The SMILES string of the molecule is O=C(NC[C@@]12C=C[C@@H](O1)[C@H]1C(=O)N(c3ccccc3)C(=O)[C@H]12)c1cccs1. The first kappa shape index (κ1) is 16.4. The van der Waals surface area contributed by atoms with E-state index in [1.165, 1.54) is 16.2 Å². The largest absolute Gasteiger partial charge is 0.360 e. The van der Waals surface area contributed by atoms with Crippen LogP contribution in [-0.2, 0) is 14.3 Å². The minimum absolute atomic E-state index is 0.152. The molecule has 4 heterocycles. The molecule has 0 aliphatic carbocycles. The standard InChI is InChI=1S/C20H16N2O4S/c23-17(14-7-4-10-27-14)21-11-20-9-8-13(26-20)15-16(20)19(25)22(18(15)24)12-5-2-1-3-6-12/h1-10,13,15-16H,11H2,(H,21,23)/t13-,15-,16+,20-/m1/s1. The summed E-state index contributed by atoms with van der Waals surface area (Å²) in [5.41, 5.74) is -0.405. The summed E-state index contributed by atoms with van der Waals surface area (Å²) in [6, 6.07) is 12.5. The summed E-state index contributed by atoms with van der Waals surface area (Å²) in [5.74, 6) is -1.88. The molecular formula is C20H16N2O4S. The molecule has 27 heavy (non-hydrogen) atoms. The monoisotopic (exact) mass is 380 g/mol. The van der Waals surface area contributed by atoms with E-state index in [-0.39, 0.29) is 24.3 Å². The zero-order chi connectivity index (χ0) is 18.6. The number of imide groups is 1. The minimum Gasteiger partial charge on any atom is -0.360 e. The maximum Gasteiger partial charge on any atom is 0.261 e. The fraction of sp³-hybridized carbons (Fsp3) is 0.250. The Bertz CT molecular complexity index is 956. The maximum atomic E-state index is 13.1. The van der Waals surface area contributed by atoms with E-state index >= 15 is 0 Å². The summed E-state index contributed by atoms with van der Waals surface area (Å²) in [4.78, 5) is 40.3. The van der Waals surface area contributed by atoms with Crippen LogP contribution in [0.2, 0.25) is 0 Å². The van der Waals surface area contributed by atoms with Gasteiger partial charge in [0.05, 0.1) is 35.0 Å². The van der Waals surface area contributed by atoms with Gasteiger partial charge in [-0.1, -0.05) is 36.4 Å². The molecule has 1 aromatic heterocycles. The predicted octanol–water partition coefficient (Wildman–Crippen LogP) is 1.99. The number of ether oxygens (including phenoxy) is 1. The Morgan fingerprint density at radius 2 is 1.96 bits per heavy atom. The van der Waals surface area contributed by atoms with Crippen LogP contribution in [0.1, 0.15) is 9.67 Å². The first-order valence-corrected chi connectivity index (χ1v) is 9.60. The van der Waals surface area contributed by atoms with Crippen molar-refractivity contribution in [1.82, 2.24) is 5.32 Å². The Morgan fingerprint density at radius 3 is 2.70 bits per heavy atom. The van der Waals surface area contributed by atoms with Gasteiger partial charge in [-0.3, -0.25) is 14.4 Å². The van der Waals surface area contributed by atoms with Gasteiger partial charge in [-0.15, -0.1) is 11.3 Å². The number of nitrogens with one attached hydrogen (secondary N) is 1. The van der Waals surface area contributed by atoms with Crippen molar-refractivity contribution in [1.29, 1.82) is 0 Å². The van der Waals surface area contributed by atoms with Gasteiger partial charge in [0.15, 0.2) is 0 Å². The highest BCUT2D eigenvalue weighted by molar-refractivity contribution is 7.12. The summed E-state index contributed by atoms with van der Waals surface area (Å²) >= 11 is 1.35. The van der Waals surface area contributed by atoms with Gasteiger partial charge in [0.1, 0.15) is 5.60 Å². The van der Waals surface area contributed by atoms with E-state index in [4.69, 9.17) is 4.74 Å². The molecule has 136 valence electrons. The Balaban J connectivity index is 1.42. The van der Waals surface area contributed by atoms with Crippen LogP contribution >= 0.6 is 11.3 Å². The fourth-order valence-electron chi connectivity index (χ4n) is 4.25. The van der Waals surface area contributed by atoms with Crippen molar-refractivity contribution in [3.05, 3.63) is 64.9 Å². The lowest BCUT2D eigenvalue weighted by Gasteiger charge is -2.29. The Hall–Kier alpha value is -2.77. The van der Waals surface area contributed by atoms with Gasteiger partial charge in [0, 0.05) is 0 Å². The summed E-state index contributed by atoms with van der Waals surface area (Å²) < 4.78 is 6.03. The number of hydrogen-bond acceptors (Lipinski definition) is 5. The minimum atomic E-state index is -0.974. The van der Waals surface area contributed by atoms with Crippen molar-refractivity contribution in [2.45, 2.75) is 11.7 Å². The van der Waals surface area contributed by atoms with Crippen LogP contribution in [-0.4, -0.2) is 36.0 Å². The van der Waals surface area contributed by atoms with Crippen molar-refractivity contribution in [2.24, 2.45) is 11.8 Å². The summed E-state index contributed by atoms with van der Waals surface area (Å²) in [7, 11) is 0. The highest BCUT2D eigenvalue weighted by Crippen LogP contribution is 2.52. The molecule has 3 aliphatic rings. The molecule has 3 aliphatic heterocycles. The lowest BCUT2D eigenvalue weighted by atomic mass is 9.77. The smallest absolute Gasteiger partial charge is 0.261 e. The number of benzene rings is 1. The van der Waals surface area contributed by atoms with Gasteiger partial charge in [-0.25, -0.2) is 4.90 Å². The third kappa shape index (κ3) is 2.32. The molecule has 4 atom stereocenters. The van der Waals surface area contributed by atoms with Gasteiger partial charge in [-0.2, -0.15) is 0 Å². The number of fused-ring (bicyclic) bond motifs is 5. The summed E-state index contributed by atoms with van der Waals surface area (Å²) in [6.07, 6.45) is 3.23. The van der Waals surface area contributed by atoms with Crippen molar-refractivity contribution in [2.75, 3.05) is 11.4 Å². The number of carbonyl (C=O) groups is 3. The van der Waals surface area contributed by atoms with Crippen LogP contribution in [0.25, 0.3) is 0 Å². The number of carbonyl (C=O) groups excluding carboxylic acids is 3. The first-order valence-electron chi connectivity index (χ1n) is 8.72. The van der Waals surface area contributed by atoms with Crippen LogP contribution in [0.3, 0.4) is 0 Å². The third-order valence-corrected chi connectivity index (χ3v) is 6.31. The molecule has 0 radical (unpaired) electrons. The number of thiophene rings is 1. The molecule has 1 aromatic carbocycles. The molecule has 0 spiro atoms. The quantitative estimate of drug-likeness (QED) is 0.650. The molecule has 2 fully saturated rings. The van der Waals surface area contributed by atoms with E-state index in [9.17, 15) is 14.4 Å².